The van der Waals surface area contributed by atoms with Gasteiger partial charge in [-0.1, -0.05) is 0 Å². The predicted octanol–water partition coefficient (Wildman–Crippen LogP) is 2.29. The summed E-state index contributed by atoms with van der Waals surface area (Å²) in [6.45, 7) is 2.37. The molecular formula is C26H24F5N4O2Rb. The Hall–Kier alpha value is -1.95. The summed E-state index contributed by atoms with van der Waals surface area (Å²) in [5.41, 5.74) is -1.63. The van der Waals surface area contributed by atoms with Crippen LogP contribution in [-0.2, 0) is 16.4 Å². The van der Waals surface area contributed by atoms with Crippen LogP contribution in [0.25, 0.3) is 11.3 Å². The molecule has 1 aliphatic rings. The topological polar surface area (TPSA) is 67.3 Å². The molecule has 0 atom stereocenters. The van der Waals surface area contributed by atoms with Crippen LogP contribution in [0.3, 0.4) is 0 Å². The molecular weight excluding hydrogens is 581 g/mol. The van der Waals surface area contributed by atoms with E-state index in [0.717, 1.165) is 12.1 Å². The number of benzene rings is 1. The van der Waals surface area contributed by atoms with Crippen molar-refractivity contribution in [2.24, 2.45) is 0 Å². The van der Waals surface area contributed by atoms with Gasteiger partial charge in [-0.2, -0.15) is 13.2 Å². The van der Waals surface area contributed by atoms with E-state index in [1.807, 2.05) is 0 Å². The minimum Gasteiger partial charge on any atom is -0.508 e. The van der Waals surface area contributed by atoms with Crippen LogP contribution in [0.15, 0.2) is 48.8 Å². The molecule has 1 aromatic carbocycles. The van der Waals surface area contributed by atoms with Gasteiger partial charge in [0.1, 0.15) is 17.3 Å². The Bertz CT molecular complexity index is 1300. The molecule has 3 heterocycles. The standard InChI is InChI=1S/C26H24F5N4O2.Rb/c1-3-37-23-18(5-4-10-33-23)22-20(28)14-17(15-34-22)25(24(36)32-2)8-11-35(12-9-25)21-7-6-16(13-19(21)27)26(29,30)31;/h4-7,10,13-15H,2-3,8-9,11-12H2,1H3,(H,32,36);/q-1;+1. The van der Waals surface area contributed by atoms with Crippen molar-refractivity contribution < 1.29 is 89.7 Å². The Morgan fingerprint density at radius 1 is 1.13 bits per heavy atom. The number of alkyl halides is 3. The Labute approximate surface area is 265 Å². The summed E-state index contributed by atoms with van der Waals surface area (Å²) in [7, 11) is 3.46. The molecule has 1 fully saturated rings. The van der Waals surface area contributed by atoms with Crippen LogP contribution in [0.4, 0.5) is 27.6 Å². The van der Waals surface area contributed by atoms with Crippen molar-refractivity contribution in [3.63, 3.8) is 0 Å². The number of piperidine rings is 1. The summed E-state index contributed by atoms with van der Waals surface area (Å²) < 4.78 is 74.1. The number of rotatable bonds is 6. The molecule has 1 aliphatic heterocycles. The summed E-state index contributed by atoms with van der Waals surface area (Å²) in [5, 5.41) is 2.37. The van der Waals surface area contributed by atoms with E-state index < -0.39 is 34.7 Å². The second kappa shape index (κ2) is 12.5. The number of pyridine rings is 2. The van der Waals surface area contributed by atoms with E-state index in [1.165, 1.54) is 18.5 Å². The average Bonchev–Trinajstić information content (AvgIpc) is 2.88. The van der Waals surface area contributed by atoms with Gasteiger partial charge in [-0.25, -0.2) is 13.8 Å². The Morgan fingerprint density at radius 2 is 1.84 bits per heavy atom. The molecule has 0 aliphatic carbocycles. The molecule has 0 spiro atoms. The van der Waals surface area contributed by atoms with E-state index in [4.69, 9.17) is 4.74 Å². The molecule has 4 rings (SSSR count). The number of nitrogens with one attached hydrogen (secondary N) is 1. The van der Waals surface area contributed by atoms with Gasteiger partial charge in [0, 0.05) is 25.5 Å². The number of ether oxygens (including phenoxy) is 1. The fourth-order valence-corrected chi connectivity index (χ4v) is 4.61. The monoisotopic (exact) mass is 604 g/mol. The summed E-state index contributed by atoms with van der Waals surface area (Å²) >= 11 is 0. The van der Waals surface area contributed by atoms with Gasteiger partial charge in [0.25, 0.3) is 0 Å². The van der Waals surface area contributed by atoms with Crippen molar-refractivity contribution in [1.29, 1.82) is 0 Å². The zero-order valence-corrected chi connectivity index (χ0v) is 25.8. The van der Waals surface area contributed by atoms with Crippen molar-refractivity contribution in [1.82, 2.24) is 15.3 Å². The average molecular weight is 605 g/mol. The number of aromatic nitrogens is 2. The van der Waals surface area contributed by atoms with Crippen molar-refractivity contribution in [3.05, 3.63) is 78.6 Å². The minimum absolute atomic E-state index is 0. The largest absolute Gasteiger partial charge is 1.00 e. The van der Waals surface area contributed by atoms with Gasteiger partial charge in [0.15, 0.2) is 0 Å². The van der Waals surface area contributed by atoms with E-state index in [9.17, 15) is 22.4 Å². The maximum Gasteiger partial charge on any atom is 1.00 e. The van der Waals surface area contributed by atoms with Crippen LogP contribution in [-0.4, -0.2) is 35.6 Å². The third-order valence-electron chi connectivity index (χ3n) is 6.53. The number of halogens is 5. The quantitative estimate of drug-likeness (QED) is 0.346. The fourth-order valence-electron chi connectivity index (χ4n) is 4.61. The number of carbonyl (C=O) groups is 1. The molecule has 0 saturated carbocycles. The predicted molar refractivity (Wildman–Crippen MR) is 127 cm³/mol. The van der Waals surface area contributed by atoms with E-state index in [2.05, 4.69) is 22.3 Å². The smallest absolute Gasteiger partial charge is 0.508 e. The molecule has 0 bridgehead atoms. The number of carbonyl (C=O) groups excluding carboxylic acids is 1. The summed E-state index contributed by atoms with van der Waals surface area (Å²) in [4.78, 5) is 22.9. The van der Waals surface area contributed by atoms with E-state index in [-0.39, 0.29) is 101 Å². The maximum absolute atomic E-state index is 15.3. The molecule has 38 heavy (non-hydrogen) atoms. The van der Waals surface area contributed by atoms with Crippen molar-refractivity contribution in [2.75, 3.05) is 24.6 Å². The third kappa shape index (κ3) is 6.10. The number of amides is 1. The maximum atomic E-state index is 15.3. The normalized spacial score (nSPS) is 15.0. The molecule has 1 amide bonds. The Balaban J connectivity index is 0.00000400. The number of nitrogens with zero attached hydrogens (tertiary/aromatic N) is 3. The van der Waals surface area contributed by atoms with Gasteiger partial charge >= 0.3 is 64.4 Å². The minimum atomic E-state index is -4.66. The molecule has 0 unspecified atom stereocenters. The van der Waals surface area contributed by atoms with Gasteiger partial charge < -0.3 is 15.0 Å². The summed E-state index contributed by atoms with van der Waals surface area (Å²) in [6.07, 6.45) is -1.48. The van der Waals surface area contributed by atoms with Gasteiger partial charge in [0.05, 0.1) is 28.8 Å². The van der Waals surface area contributed by atoms with Crippen molar-refractivity contribution in [3.8, 4) is 17.1 Å². The van der Waals surface area contributed by atoms with Gasteiger partial charge in [-0.3, -0.25) is 16.8 Å². The molecule has 3 aromatic rings. The number of anilines is 1. The van der Waals surface area contributed by atoms with Gasteiger partial charge in [-0.05, 0) is 61.7 Å². The van der Waals surface area contributed by atoms with Crippen LogP contribution < -0.4 is 73.1 Å². The SMILES string of the molecule is [CH2-]NC(=O)C1(c2cnc(-c3cccnc3OCC)c(F)c2)CCN(c2ccc(C(F)(F)F)cc2F)CC1.[Rb+]. The summed E-state index contributed by atoms with van der Waals surface area (Å²) in [5.74, 6) is -1.94. The van der Waals surface area contributed by atoms with Gasteiger partial charge in [0.2, 0.25) is 11.8 Å². The number of hydrogen-bond donors (Lipinski definition) is 1. The second-order valence-corrected chi connectivity index (χ2v) is 8.58. The van der Waals surface area contributed by atoms with Crippen LogP contribution in [0.1, 0.15) is 30.9 Å². The van der Waals surface area contributed by atoms with Crippen LogP contribution >= 0.6 is 0 Å². The zero-order valence-electron chi connectivity index (χ0n) is 20.9. The van der Waals surface area contributed by atoms with Crippen LogP contribution in [0, 0.1) is 18.7 Å². The molecule has 1 saturated heterocycles. The first-order chi connectivity index (χ1) is 17.6. The molecule has 1 N–H and O–H groups in total. The summed E-state index contributed by atoms with van der Waals surface area (Å²) in [6, 6.07) is 6.82. The van der Waals surface area contributed by atoms with Crippen molar-refractivity contribution >= 4 is 11.6 Å². The Kier molecular flexibility index (Phi) is 10.0. The molecule has 6 nitrogen and oxygen atoms in total. The third-order valence-corrected chi connectivity index (χ3v) is 6.53. The Morgan fingerprint density at radius 3 is 2.42 bits per heavy atom. The first-order valence-corrected chi connectivity index (χ1v) is 11.5. The van der Waals surface area contributed by atoms with E-state index >= 15 is 4.39 Å². The first-order valence-electron chi connectivity index (χ1n) is 11.5. The van der Waals surface area contributed by atoms with Crippen LogP contribution in [0.5, 0.6) is 5.88 Å². The zero-order chi connectivity index (χ0) is 26.8. The molecule has 2 aromatic heterocycles. The second-order valence-electron chi connectivity index (χ2n) is 8.58. The van der Waals surface area contributed by atoms with E-state index in [1.54, 1.807) is 24.0 Å². The molecule has 12 heteroatoms. The van der Waals surface area contributed by atoms with Crippen molar-refractivity contribution in [2.45, 2.75) is 31.4 Å². The van der Waals surface area contributed by atoms with E-state index in [0.29, 0.717) is 23.8 Å². The molecule has 0 radical (unpaired) electrons. The fraction of sp³-hybridized carbons (Fsp3) is 0.308. The first kappa shape index (κ1) is 30.6. The number of hydrogen-bond acceptors (Lipinski definition) is 5. The van der Waals surface area contributed by atoms with Gasteiger partial charge in [-0.15, -0.1) is 0 Å². The molecule has 196 valence electrons. The van der Waals surface area contributed by atoms with Crippen LogP contribution in [0.2, 0.25) is 0 Å².